The number of aliphatic carboxylic acids is 1. The second-order valence-corrected chi connectivity index (χ2v) is 9.59. The summed E-state index contributed by atoms with van der Waals surface area (Å²) in [4.78, 5) is 23.8. The zero-order chi connectivity index (χ0) is 23.5. The maximum absolute atomic E-state index is 12.1. The molecule has 0 aliphatic heterocycles. The SMILES string of the molecule is CC(C)(C)OC(=O)N[C@@H](Cc1ccc2c(C(C)(C)c3ccccc3)cccc2c1)C(=O)O. The Hall–Kier alpha value is -3.34. The van der Waals surface area contributed by atoms with E-state index in [1.807, 2.05) is 48.5 Å². The van der Waals surface area contributed by atoms with Gasteiger partial charge in [-0.25, -0.2) is 9.59 Å². The molecule has 0 aromatic heterocycles. The van der Waals surface area contributed by atoms with Gasteiger partial charge in [0.1, 0.15) is 11.6 Å². The molecule has 3 aromatic carbocycles. The number of rotatable bonds is 6. The number of fused-ring (bicyclic) bond motifs is 1. The Morgan fingerprint density at radius 3 is 2.25 bits per heavy atom. The van der Waals surface area contributed by atoms with Gasteiger partial charge in [0.25, 0.3) is 0 Å². The first kappa shape index (κ1) is 23.3. The van der Waals surface area contributed by atoms with Crippen molar-refractivity contribution in [1.82, 2.24) is 5.32 Å². The first-order valence-corrected chi connectivity index (χ1v) is 10.8. The fraction of sp³-hybridized carbons (Fsp3) is 0.333. The van der Waals surface area contributed by atoms with E-state index >= 15 is 0 Å². The van der Waals surface area contributed by atoms with Gasteiger partial charge in [-0.3, -0.25) is 0 Å². The van der Waals surface area contributed by atoms with E-state index in [0.29, 0.717) is 0 Å². The highest BCUT2D eigenvalue weighted by Crippen LogP contribution is 2.36. The molecule has 0 saturated carbocycles. The van der Waals surface area contributed by atoms with Crippen LogP contribution in [0.4, 0.5) is 4.79 Å². The van der Waals surface area contributed by atoms with Crippen LogP contribution >= 0.6 is 0 Å². The molecule has 32 heavy (non-hydrogen) atoms. The van der Waals surface area contributed by atoms with Crippen LogP contribution < -0.4 is 5.32 Å². The Morgan fingerprint density at radius 1 is 0.938 bits per heavy atom. The molecule has 0 bridgehead atoms. The van der Waals surface area contributed by atoms with Crippen LogP contribution in [-0.2, 0) is 21.4 Å². The number of benzene rings is 3. The van der Waals surface area contributed by atoms with Gasteiger partial charge in [-0.15, -0.1) is 0 Å². The van der Waals surface area contributed by atoms with Crippen LogP contribution in [0.3, 0.4) is 0 Å². The van der Waals surface area contributed by atoms with Gasteiger partial charge in [-0.05, 0) is 48.2 Å². The van der Waals surface area contributed by atoms with Crippen LogP contribution in [0, 0.1) is 0 Å². The molecule has 1 atom stereocenters. The number of carbonyl (C=O) groups is 2. The van der Waals surface area contributed by atoms with Crippen LogP contribution in [0.2, 0.25) is 0 Å². The minimum Gasteiger partial charge on any atom is -0.480 e. The molecule has 0 aliphatic carbocycles. The topological polar surface area (TPSA) is 75.6 Å². The number of alkyl carbamates (subject to hydrolysis) is 1. The van der Waals surface area contributed by atoms with Gasteiger partial charge in [0.05, 0.1) is 0 Å². The number of hydrogen-bond acceptors (Lipinski definition) is 3. The fourth-order valence-corrected chi connectivity index (χ4v) is 3.90. The molecular formula is C27H31NO4. The van der Waals surface area contributed by atoms with Gasteiger partial charge in [0.2, 0.25) is 0 Å². The Balaban J connectivity index is 1.88. The zero-order valence-electron chi connectivity index (χ0n) is 19.3. The molecule has 5 heteroatoms. The van der Waals surface area contributed by atoms with Crippen molar-refractivity contribution in [2.24, 2.45) is 0 Å². The normalized spacial score (nSPS) is 12.9. The minimum absolute atomic E-state index is 0.164. The van der Waals surface area contributed by atoms with E-state index in [2.05, 4.69) is 37.4 Å². The smallest absolute Gasteiger partial charge is 0.408 e. The molecule has 0 unspecified atom stereocenters. The molecule has 3 aromatic rings. The molecule has 0 spiro atoms. The molecule has 0 heterocycles. The van der Waals surface area contributed by atoms with Crippen molar-refractivity contribution in [2.75, 3.05) is 0 Å². The minimum atomic E-state index is -1.10. The van der Waals surface area contributed by atoms with Gasteiger partial charge < -0.3 is 15.2 Å². The largest absolute Gasteiger partial charge is 0.480 e. The average molecular weight is 434 g/mol. The third kappa shape index (κ3) is 5.47. The molecular weight excluding hydrogens is 402 g/mol. The summed E-state index contributed by atoms with van der Waals surface area (Å²) < 4.78 is 5.21. The van der Waals surface area contributed by atoms with Gasteiger partial charge in [0.15, 0.2) is 0 Å². The number of nitrogens with one attached hydrogen (secondary N) is 1. The molecule has 3 rings (SSSR count). The number of carboxylic acids is 1. The average Bonchev–Trinajstić information content (AvgIpc) is 2.72. The molecule has 0 saturated heterocycles. The molecule has 0 aliphatic rings. The third-order valence-corrected chi connectivity index (χ3v) is 5.54. The van der Waals surface area contributed by atoms with Crippen LogP contribution in [0.5, 0.6) is 0 Å². The third-order valence-electron chi connectivity index (χ3n) is 5.54. The molecule has 0 radical (unpaired) electrons. The molecule has 5 nitrogen and oxygen atoms in total. The first-order chi connectivity index (χ1) is 15.0. The van der Waals surface area contributed by atoms with Crippen molar-refractivity contribution in [2.45, 2.75) is 58.1 Å². The summed E-state index contributed by atoms with van der Waals surface area (Å²) in [5.74, 6) is -1.10. The first-order valence-electron chi connectivity index (χ1n) is 10.8. The molecule has 2 N–H and O–H groups in total. The van der Waals surface area contributed by atoms with E-state index in [-0.39, 0.29) is 11.8 Å². The van der Waals surface area contributed by atoms with E-state index in [1.54, 1.807) is 20.8 Å². The Morgan fingerprint density at radius 2 is 1.62 bits per heavy atom. The Bertz CT molecular complexity index is 1110. The van der Waals surface area contributed by atoms with Crippen molar-refractivity contribution >= 4 is 22.8 Å². The highest BCUT2D eigenvalue weighted by molar-refractivity contribution is 5.88. The van der Waals surface area contributed by atoms with Crippen LogP contribution in [0.1, 0.15) is 51.3 Å². The number of carbonyl (C=O) groups excluding carboxylic acids is 1. The fourth-order valence-electron chi connectivity index (χ4n) is 3.90. The Labute approximate surface area is 189 Å². The predicted octanol–water partition coefficient (Wildman–Crippen LogP) is 5.69. The van der Waals surface area contributed by atoms with E-state index in [1.165, 1.54) is 11.1 Å². The summed E-state index contributed by atoms with van der Waals surface area (Å²) >= 11 is 0. The van der Waals surface area contributed by atoms with Crippen molar-refractivity contribution in [3.8, 4) is 0 Å². The van der Waals surface area contributed by atoms with E-state index in [9.17, 15) is 14.7 Å². The van der Waals surface area contributed by atoms with E-state index in [0.717, 1.165) is 16.3 Å². The van der Waals surface area contributed by atoms with E-state index in [4.69, 9.17) is 4.74 Å². The summed E-state index contributed by atoms with van der Waals surface area (Å²) in [6, 6.07) is 21.4. The summed E-state index contributed by atoms with van der Waals surface area (Å²) in [7, 11) is 0. The number of hydrogen-bond donors (Lipinski definition) is 2. The van der Waals surface area contributed by atoms with Crippen molar-refractivity contribution in [3.05, 3.63) is 83.4 Å². The molecule has 0 fully saturated rings. The monoisotopic (exact) mass is 433 g/mol. The van der Waals surface area contributed by atoms with Crippen LogP contribution in [-0.4, -0.2) is 28.8 Å². The lowest BCUT2D eigenvalue weighted by atomic mass is 9.76. The van der Waals surface area contributed by atoms with Crippen LogP contribution in [0.15, 0.2) is 66.7 Å². The summed E-state index contributed by atoms with van der Waals surface area (Å²) in [6.07, 6.45) is -0.575. The zero-order valence-corrected chi connectivity index (χ0v) is 19.3. The number of amides is 1. The number of carboxylic acid groups (broad SMARTS) is 1. The Kier molecular flexibility index (Phi) is 6.58. The summed E-state index contributed by atoms with van der Waals surface area (Å²) in [6.45, 7) is 9.62. The predicted molar refractivity (Wildman–Crippen MR) is 127 cm³/mol. The quantitative estimate of drug-likeness (QED) is 0.524. The standard InChI is InChI=1S/C27H31NO4/c1-26(2,3)32-25(31)28-23(24(29)30)17-18-14-15-21-19(16-18)10-9-13-22(21)27(4,5)20-11-7-6-8-12-20/h6-16,23H,17H2,1-5H3,(H,28,31)(H,29,30)/t23-/m0/s1. The molecule has 1 amide bonds. The maximum Gasteiger partial charge on any atom is 0.408 e. The summed E-state index contributed by atoms with van der Waals surface area (Å²) in [5.41, 5.74) is 2.37. The van der Waals surface area contributed by atoms with E-state index < -0.39 is 23.7 Å². The number of ether oxygens (including phenoxy) is 1. The lowest BCUT2D eigenvalue weighted by molar-refractivity contribution is -0.139. The highest BCUT2D eigenvalue weighted by atomic mass is 16.6. The lowest BCUT2D eigenvalue weighted by Crippen LogP contribution is -2.44. The maximum atomic E-state index is 12.1. The lowest BCUT2D eigenvalue weighted by Gasteiger charge is -2.28. The van der Waals surface area contributed by atoms with Crippen molar-refractivity contribution in [1.29, 1.82) is 0 Å². The summed E-state index contributed by atoms with van der Waals surface area (Å²) in [5, 5.41) is 14.2. The highest BCUT2D eigenvalue weighted by Gasteiger charge is 2.26. The van der Waals surface area contributed by atoms with Gasteiger partial charge in [-0.1, -0.05) is 80.6 Å². The second kappa shape index (κ2) is 9.03. The van der Waals surface area contributed by atoms with Gasteiger partial charge in [-0.2, -0.15) is 0 Å². The molecule has 168 valence electrons. The van der Waals surface area contributed by atoms with Crippen LogP contribution in [0.25, 0.3) is 10.8 Å². The van der Waals surface area contributed by atoms with Crippen molar-refractivity contribution in [3.63, 3.8) is 0 Å². The second-order valence-electron chi connectivity index (χ2n) is 9.59. The van der Waals surface area contributed by atoms with Gasteiger partial charge >= 0.3 is 12.1 Å². The van der Waals surface area contributed by atoms with Crippen molar-refractivity contribution < 1.29 is 19.4 Å². The van der Waals surface area contributed by atoms with Gasteiger partial charge in [0, 0.05) is 11.8 Å².